The summed E-state index contributed by atoms with van der Waals surface area (Å²) in [7, 11) is 1.66. The third-order valence-electron chi connectivity index (χ3n) is 4.62. The smallest absolute Gasteiger partial charge is 0.191 e. The Morgan fingerprint density at radius 1 is 1.05 bits per heavy atom. The lowest BCUT2D eigenvalue weighted by Gasteiger charge is -2.28. The van der Waals surface area contributed by atoms with E-state index in [0.717, 1.165) is 23.8 Å². The third-order valence-corrected chi connectivity index (χ3v) is 4.62. The van der Waals surface area contributed by atoms with Crippen LogP contribution in [-0.2, 0) is 4.74 Å². The van der Waals surface area contributed by atoms with E-state index in [9.17, 15) is 4.79 Å². The van der Waals surface area contributed by atoms with Crippen LogP contribution in [0.4, 0.5) is 0 Å². The van der Waals surface area contributed by atoms with E-state index < -0.39 is 0 Å². The zero-order valence-electron chi connectivity index (χ0n) is 12.5. The van der Waals surface area contributed by atoms with Gasteiger partial charge in [-0.1, -0.05) is 55.7 Å². The normalized spacial score (nSPS) is 17.8. The van der Waals surface area contributed by atoms with Crippen LogP contribution < -0.4 is 0 Å². The van der Waals surface area contributed by atoms with Gasteiger partial charge in [-0.15, -0.1) is 0 Å². The van der Waals surface area contributed by atoms with Crippen molar-refractivity contribution >= 4 is 16.6 Å². The van der Waals surface area contributed by atoms with Crippen molar-refractivity contribution in [1.29, 1.82) is 0 Å². The van der Waals surface area contributed by atoms with Crippen molar-refractivity contribution in [3.63, 3.8) is 0 Å². The molecule has 0 heterocycles. The Morgan fingerprint density at radius 2 is 1.76 bits per heavy atom. The van der Waals surface area contributed by atoms with Gasteiger partial charge in [0.15, 0.2) is 5.78 Å². The number of methoxy groups -OCH3 is 1. The molecule has 1 aliphatic carbocycles. The maximum Gasteiger partial charge on any atom is 0.191 e. The van der Waals surface area contributed by atoms with Gasteiger partial charge in [0.1, 0.15) is 6.10 Å². The fraction of sp³-hybridized carbons (Fsp3) is 0.421. The molecule has 0 aromatic heterocycles. The molecule has 0 spiro atoms. The van der Waals surface area contributed by atoms with E-state index in [-0.39, 0.29) is 11.9 Å². The molecule has 1 aliphatic rings. The van der Waals surface area contributed by atoms with Crippen LogP contribution in [0.15, 0.2) is 42.5 Å². The van der Waals surface area contributed by atoms with Gasteiger partial charge in [-0.05, 0) is 35.6 Å². The van der Waals surface area contributed by atoms with Gasteiger partial charge < -0.3 is 4.74 Å². The predicted molar refractivity (Wildman–Crippen MR) is 85.7 cm³/mol. The van der Waals surface area contributed by atoms with Crippen LogP contribution in [0, 0.1) is 5.92 Å². The van der Waals surface area contributed by atoms with Crippen molar-refractivity contribution in [2.45, 2.75) is 38.2 Å². The summed E-state index contributed by atoms with van der Waals surface area (Å²) in [5.41, 5.74) is 0.770. The van der Waals surface area contributed by atoms with Crippen molar-refractivity contribution in [2.24, 2.45) is 5.92 Å². The van der Waals surface area contributed by atoms with Crippen LogP contribution in [-0.4, -0.2) is 19.0 Å². The second-order valence-electron chi connectivity index (χ2n) is 5.98. The Kier molecular flexibility index (Phi) is 4.35. The average molecular weight is 282 g/mol. The highest BCUT2D eigenvalue weighted by atomic mass is 16.5. The Hall–Kier alpha value is -1.67. The monoisotopic (exact) mass is 282 g/mol. The van der Waals surface area contributed by atoms with Gasteiger partial charge in [0.2, 0.25) is 0 Å². The Labute approximate surface area is 126 Å². The highest BCUT2D eigenvalue weighted by molar-refractivity contribution is 6.02. The largest absolute Gasteiger partial charge is 0.373 e. The summed E-state index contributed by atoms with van der Waals surface area (Å²) in [6.45, 7) is 0. The first kappa shape index (κ1) is 14.3. The van der Waals surface area contributed by atoms with E-state index in [1.807, 2.05) is 30.3 Å². The molecule has 2 heteroatoms. The number of hydrogen-bond acceptors (Lipinski definition) is 2. The quantitative estimate of drug-likeness (QED) is 0.765. The van der Waals surface area contributed by atoms with Crippen LogP contribution in [0.5, 0.6) is 0 Å². The van der Waals surface area contributed by atoms with Crippen molar-refractivity contribution < 1.29 is 9.53 Å². The van der Waals surface area contributed by atoms with Crippen molar-refractivity contribution in [3.8, 4) is 0 Å². The van der Waals surface area contributed by atoms with Gasteiger partial charge in [-0.3, -0.25) is 4.79 Å². The minimum Gasteiger partial charge on any atom is -0.373 e. The fourth-order valence-electron chi connectivity index (χ4n) is 3.46. The summed E-state index contributed by atoms with van der Waals surface area (Å²) in [6, 6.07) is 14.1. The molecule has 21 heavy (non-hydrogen) atoms. The number of ether oxygens (including phenoxy) is 1. The molecule has 0 N–H and O–H groups in total. The summed E-state index contributed by atoms with van der Waals surface area (Å²) in [5.74, 6) is 0.512. The minimum absolute atomic E-state index is 0.134. The van der Waals surface area contributed by atoms with E-state index in [1.165, 1.54) is 24.6 Å². The number of Topliss-reactive ketones (excluding diaryl/α,β-unsaturated/α-hetero) is 1. The molecule has 2 aromatic carbocycles. The second-order valence-corrected chi connectivity index (χ2v) is 5.98. The standard InChI is InChI=1S/C19H22O2/c1-21-19(15-8-3-2-4-9-15)18(20)17-12-11-14-7-5-6-10-16(14)13-17/h5-7,10-13,15,19H,2-4,8-9H2,1H3. The van der Waals surface area contributed by atoms with Crippen LogP contribution in [0.1, 0.15) is 42.5 Å². The van der Waals surface area contributed by atoms with Gasteiger partial charge in [-0.25, -0.2) is 0 Å². The molecule has 2 aromatic rings. The average Bonchev–Trinajstić information content (AvgIpc) is 2.56. The molecule has 0 aliphatic heterocycles. The third kappa shape index (κ3) is 3.01. The lowest BCUT2D eigenvalue weighted by atomic mass is 9.82. The lowest BCUT2D eigenvalue weighted by Crippen LogP contribution is -2.33. The number of carbonyl (C=O) groups is 1. The minimum atomic E-state index is -0.286. The Balaban J connectivity index is 1.86. The maximum atomic E-state index is 12.8. The van der Waals surface area contributed by atoms with Gasteiger partial charge in [0.25, 0.3) is 0 Å². The first-order valence-corrected chi connectivity index (χ1v) is 7.85. The summed E-state index contributed by atoms with van der Waals surface area (Å²) >= 11 is 0. The molecular weight excluding hydrogens is 260 g/mol. The highest BCUT2D eigenvalue weighted by Crippen LogP contribution is 2.30. The van der Waals surface area contributed by atoms with E-state index in [1.54, 1.807) is 7.11 Å². The van der Waals surface area contributed by atoms with E-state index in [2.05, 4.69) is 12.1 Å². The number of hydrogen-bond donors (Lipinski definition) is 0. The number of carbonyl (C=O) groups excluding carboxylic acids is 1. The van der Waals surface area contributed by atoms with Gasteiger partial charge >= 0.3 is 0 Å². The molecule has 0 amide bonds. The number of rotatable bonds is 4. The predicted octanol–water partition coefficient (Wildman–Crippen LogP) is 4.62. The summed E-state index contributed by atoms with van der Waals surface area (Å²) in [4.78, 5) is 12.8. The first-order valence-electron chi connectivity index (χ1n) is 7.85. The molecule has 110 valence electrons. The molecule has 1 atom stereocenters. The zero-order valence-corrected chi connectivity index (χ0v) is 12.5. The highest BCUT2D eigenvalue weighted by Gasteiger charge is 2.30. The van der Waals surface area contributed by atoms with Crippen molar-refractivity contribution in [2.75, 3.05) is 7.11 Å². The number of benzene rings is 2. The number of ketones is 1. The molecule has 0 bridgehead atoms. The van der Waals surface area contributed by atoms with Crippen LogP contribution in [0.3, 0.4) is 0 Å². The van der Waals surface area contributed by atoms with E-state index in [4.69, 9.17) is 4.74 Å². The van der Waals surface area contributed by atoms with Crippen LogP contribution >= 0.6 is 0 Å². The summed E-state index contributed by atoms with van der Waals surface area (Å²) in [5, 5.41) is 2.28. The second kappa shape index (κ2) is 6.40. The molecule has 1 unspecified atom stereocenters. The Bertz CT molecular complexity index is 626. The van der Waals surface area contributed by atoms with E-state index in [0.29, 0.717) is 5.92 Å². The van der Waals surface area contributed by atoms with Gasteiger partial charge in [0, 0.05) is 12.7 Å². The van der Waals surface area contributed by atoms with Gasteiger partial charge in [-0.2, -0.15) is 0 Å². The zero-order chi connectivity index (χ0) is 14.7. The first-order chi connectivity index (χ1) is 10.3. The fourth-order valence-corrected chi connectivity index (χ4v) is 3.46. The van der Waals surface area contributed by atoms with Crippen LogP contribution in [0.25, 0.3) is 10.8 Å². The topological polar surface area (TPSA) is 26.3 Å². The number of fused-ring (bicyclic) bond motifs is 1. The molecule has 0 radical (unpaired) electrons. The molecule has 0 saturated heterocycles. The van der Waals surface area contributed by atoms with Gasteiger partial charge in [0.05, 0.1) is 0 Å². The summed E-state index contributed by atoms with van der Waals surface area (Å²) in [6.07, 6.45) is 5.66. The summed E-state index contributed by atoms with van der Waals surface area (Å²) < 4.78 is 5.57. The lowest BCUT2D eigenvalue weighted by molar-refractivity contribution is 0.0314. The molecule has 3 rings (SSSR count). The molecule has 1 saturated carbocycles. The molecule has 1 fully saturated rings. The van der Waals surface area contributed by atoms with Crippen molar-refractivity contribution in [1.82, 2.24) is 0 Å². The SMILES string of the molecule is COC(C(=O)c1ccc2ccccc2c1)C1CCCCC1. The van der Waals surface area contributed by atoms with E-state index >= 15 is 0 Å². The van der Waals surface area contributed by atoms with Crippen LogP contribution in [0.2, 0.25) is 0 Å². The Morgan fingerprint density at radius 3 is 2.48 bits per heavy atom. The maximum absolute atomic E-state index is 12.8. The molecular formula is C19H22O2. The van der Waals surface area contributed by atoms with Crippen molar-refractivity contribution in [3.05, 3.63) is 48.0 Å². The molecule has 2 nitrogen and oxygen atoms in total.